The number of benzene rings is 1. The van der Waals surface area contributed by atoms with Crippen molar-refractivity contribution in [2.24, 2.45) is 5.92 Å². The maximum atomic E-state index is 3.48. The number of nitrogens with one attached hydrogen (secondary N) is 1. The van der Waals surface area contributed by atoms with E-state index in [0.29, 0.717) is 6.04 Å². The lowest BCUT2D eigenvalue weighted by atomic mass is 9.85. The maximum Gasteiger partial charge on any atom is 0.0449 e. The Morgan fingerprint density at radius 1 is 1.32 bits per heavy atom. The summed E-state index contributed by atoms with van der Waals surface area (Å²) >= 11 is 0. The second kappa shape index (κ2) is 6.53. The number of hydrogen-bond acceptors (Lipinski definition) is 2. The first-order valence-corrected chi connectivity index (χ1v) is 7.53. The number of aryl methyl sites for hydroxylation is 2. The fourth-order valence-electron chi connectivity index (χ4n) is 2.98. The van der Waals surface area contributed by atoms with Crippen molar-refractivity contribution in [1.82, 2.24) is 10.2 Å². The van der Waals surface area contributed by atoms with E-state index in [1.54, 1.807) is 0 Å². The van der Waals surface area contributed by atoms with Gasteiger partial charge < -0.3 is 10.2 Å². The van der Waals surface area contributed by atoms with E-state index in [9.17, 15) is 0 Å². The average Bonchev–Trinajstić information content (AvgIpc) is 2.34. The summed E-state index contributed by atoms with van der Waals surface area (Å²) < 4.78 is 0. The second-order valence-corrected chi connectivity index (χ2v) is 6.22. The molecule has 2 nitrogen and oxygen atoms in total. The predicted octanol–water partition coefficient (Wildman–Crippen LogP) is 3.30. The van der Waals surface area contributed by atoms with Crippen molar-refractivity contribution in [2.45, 2.75) is 39.2 Å². The smallest absolute Gasteiger partial charge is 0.0449 e. The summed E-state index contributed by atoms with van der Waals surface area (Å²) in [6, 6.07) is 7.20. The van der Waals surface area contributed by atoms with Crippen molar-refractivity contribution in [3.8, 4) is 0 Å². The van der Waals surface area contributed by atoms with Crippen molar-refractivity contribution < 1.29 is 0 Å². The van der Waals surface area contributed by atoms with Gasteiger partial charge in [0.25, 0.3) is 0 Å². The van der Waals surface area contributed by atoms with Gasteiger partial charge in [-0.25, -0.2) is 0 Å². The molecule has 2 heteroatoms. The molecule has 106 valence electrons. The molecule has 1 N–H and O–H groups in total. The molecule has 1 fully saturated rings. The van der Waals surface area contributed by atoms with Gasteiger partial charge >= 0.3 is 0 Å². The Morgan fingerprint density at radius 2 is 2.05 bits per heavy atom. The van der Waals surface area contributed by atoms with Gasteiger partial charge in [-0.15, -0.1) is 0 Å². The number of rotatable bonds is 6. The van der Waals surface area contributed by atoms with Crippen molar-refractivity contribution in [3.63, 3.8) is 0 Å². The summed E-state index contributed by atoms with van der Waals surface area (Å²) in [5, 5.41) is 3.48. The Morgan fingerprint density at radius 3 is 2.63 bits per heavy atom. The summed E-state index contributed by atoms with van der Waals surface area (Å²) in [6.07, 6.45) is 4.29. The topological polar surface area (TPSA) is 15.3 Å². The van der Waals surface area contributed by atoms with Gasteiger partial charge in [-0.1, -0.05) is 30.2 Å². The summed E-state index contributed by atoms with van der Waals surface area (Å²) in [6.45, 7) is 6.74. The van der Waals surface area contributed by atoms with E-state index in [2.05, 4.69) is 56.4 Å². The Balaban J connectivity index is 1.99. The van der Waals surface area contributed by atoms with E-state index >= 15 is 0 Å². The van der Waals surface area contributed by atoms with E-state index in [1.165, 1.54) is 42.5 Å². The van der Waals surface area contributed by atoms with Gasteiger partial charge in [0, 0.05) is 19.1 Å². The third-order valence-corrected chi connectivity index (χ3v) is 4.45. The number of nitrogens with zero attached hydrogens (tertiary/aromatic N) is 1. The van der Waals surface area contributed by atoms with Gasteiger partial charge in [-0.2, -0.15) is 0 Å². The van der Waals surface area contributed by atoms with Gasteiger partial charge in [-0.05, 0) is 57.8 Å². The van der Waals surface area contributed by atoms with Crippen LogP contribution in [0, 0.1) is 19.8 Å². The highest BCUT2D eigenvalue weighted by molar-refractivity contribution is 5.33. The van der Waals surface area contributed by atoms with Crippen LogP contribution < -0.4 is 5.32 Å². The highest BCUT2D eigenvalue weighted by atomic mass is 15.1. The van der Waals surface area contributed by atoms with Gasteiger partial charge in [0.1, 0.15) is 0 Å². The second-order valence-electron chi connectivity index (χ2n) is 6.22. The molecule has 0 amide bonds. The van der Waals surface area contributed by atoms with Crippen LogP contribution in [0.4, 0.5) is 0 Å². The lowest BCUT2D eigenvalue weighted by Crippen LogP contribution is -2.36. The van der Waals surface area contributed by atoms with Crippen LogP contribution in [0.2, 0.25) is 0 Å². The molecular weight excluding hydrogens is 232 g/mol. The van der Waals surface area contributed by atoms with Crippen LogP contribution in [0.15, 0.2) is 18.2 Å². The molecule has 0 aliphatic heterocycles. The molecule has 2 rings (SSSR count). The van der Waals surface area contributed by atoms with E-state index in [1.807, 2.05) is 0 Å². The Hall–Kier alpha value is -0.860. The Bertz CT molecular complexity index is 410. The van der Waals surface area contributed by atoms with E-state index in [-0.39, 0.29) is 0 Å². The molecule has 0 bridgehead atoms. The number of hydrogen-bond donors (Lipinski definition) is 1. The van der Waals surface area contributed by atoms with Crippen LogP contribution in [0.25, 0.3) is 0 Å². The summed E-state index contributed by atoms with van der Waals surface area (Å²) in [4.78, 5) is 2.49. The van der Waals surface area contributed by atoms with Crippen LogP contribution in [0.5, 0.6) is 0 Å². The molecular formula is C17H28N2. The van der Waals surface area contributed by atoms with Crippen LogP contribution in [-0.2, 0) is 0 Å². The predicted molar refractivity (Wildman–Crippen MR) is 82.6 cm³/mol. The third kappa shape index (κ3) is 3.80. The fraction of sp³-hybridized carbons (Fsp3) is 0.647. The molecule has 0 aromatic heterocycles. The monoisotopic (exact) mass is 260 g/mol. The van der Waals surface area contributed by atoms with Gasteiger partial charge in [0.2, 0.25) is 0 Å². The van der Waals surface area contributed by atoms with E-state index < -0.39 is 0 Å². The lowest BCUT2D eigenvalue weighted by molar-refractivity contribution is 0.193. The standard InChI is InChI=1S/C17H28N2/c1-13-8-9-14(2)16(10-13)17(18-3)12-19(4)11-15-6-5-7-15/h8-10,15,17-18H,5-7,11-12H2,1-4H3. The van der Waals surface area contributed by atoms with Crippen LogP contribution in [0.1, 0.15) is 42.0 Å². The van der Waals surface area contributed by atoms with E-state index in [0.717, 1.165) is 12.5 Å². The van der Waals surface area contributed by atoms with Gasteiger partial charge in [0.05, 0.1) is 0 Å². The summed E-state index contributed by atoms with van der Waals surface area (Å²) in [5.41, 5.74) is 4.19. The average molecular weight is 260 g/mol. The van der Waals surface area contributed by atoms with Crippen molar-refractivity contribution in [1.29, 1.82) is 0 Å². The van der Waals surface area contributed by atoms with Gasteiger partial charge in [-0.3, -0.25) is 0 Å². The molecule has 1 unspecified atom stereocenters. The van der Waals surface area contributed by atoms with Gasteiger partial charge in [0.15, 0.2) is 0 Å². The number of likely N-dealkylation sites (N-methyl/N-ethyl adjacent to an activating group) is 2. The lowest BCUT2D eigenvalue weighted by Gasteiger charge is -2.32. The molecule has 1 aliphatic carbocycles. The zero-order valence-corrected chi connectivity index (χ0v) is 12.9. The molecule has 1 aromatic carbocycles. The summed E-state index contributed by atoms with van der Waals surface area (Å²) in [7, 11) is 4.33. The Labute approximate surface area is 118 Å². The minimum Gasteiger partial charge on any atom is -0.312 e. The molecule has 0 saturated heterocycles. The molecule has 1 aliphatic rings. The highest BCUT2D eigenvalue weighted by Crippen LogP contribution is 2.27. The molecule has 0 radical (unpaired) electrons. The highest BCUT2D eigenvalue weighted by Gasteiger charge is 2.21. The SMILES string of the molecule is CNC(CN(C)CC1CCC1)c1cc(C)ccc1C. The van der Waals surface area contributed by atoms with Crippen LogP contribution >= 0.6 is 0 Å². The first-order chi connectivity index (χ1) is 9.10. The quantitative estimate of drug-likeness (QED) is 0.844. The molecule has 1 atom stereocenters. The first-order valence-electron chi connectivity index (χ1n) is 7.53. The minimum atomic E-state index is 0.435. The van der Waals surface area contributed by atoms with Crippen LogP contribution in [0.3, 0.4) is 0 Å². The van der Waals surface area contributed by atoms with Crippen molar-refractivity contribution in [3.05, 3.63) is 34.9 Å². The Kier molecular flexibility index (Phi) is 5.00. The normalized spacial score (nSPS) is 17.5. The van der Waals surface area contributed by atoms with Crippen molar-refractivity contribution >= 4 is 0 Å². The molecule has 0 spiro atoms. The van der Waals surface area contributed by atoms with Crippen molar-refractivity contribution in [2.75, 3.05) is 27.2 Å². The molecule has 1 aromatic rings. The third-order valence-electron chi connectivity index (χ3n) is 4.45. The minimum absolute atomic E-state index is 0.435. The molecule has 1 saturated carbocycles. The summed E-state index contributed by atoms with van der Waals surface area (Å²) in [5.74, 6) is 0.945. The fourth-order valence-corrected chi connectivity index (χ4v) is 2.98. The largest absolute Gasteiger partial charge is 0.312 e. The first kappa shape index (κ1) is 14.5. The van der Waals surface area contributed by atoms with E-state index in [4.69, 9.17) is 0 Å². The maximum absolute atomic E-state index is 3.48. The molecule has 0 heterocycles. The molecule has 19 heavy (non-hydrogen) atoms. The zero-order chi connectivity index (χ0) is 13.8. The zero-order valence-electron chi connectivity index (χ0n) is 12.9. The van der Waals surface area contributed by atoms with Crippen LogP contribution in [-0.4, -0.2) is 32.1 Å².